The van der Waals surface area contributed by atoms with E-state index < -0.39 is 12.0 Å². The van der Waals surface area contributed by atoms with E-state index in [0.29, 0.717) is 37.1 Å². The lowest BCUT2D eigenvalue weighted by molar-refractivity contribution is -0.142. The Morgan fingerprint density at radius 2 is 2.20 bits per heavy atom. The molecule has 25 heavy (non-hydrogen) atoms. The maximum absolute atomic E-state index is 12.9. The zero-order valence-electron chi connectivity index (χ0n) is 14.0. The van der Waals surface area contributed by atoms with Crippen LogP contribution in [0.2, 0.25) is 0 Å². The van der Waals surface area contributed by atoms with E-state index in [-0.39, 0.29) is 17.9 Å². The number of nitrogens with zero attached hydrogens (tertiary/aromatic N) is 2. The fourth-order valence-corrected chi connectivity index (χ4v) is 4.38. The maximum Gasteiger partial charge on any atom is 0.326 e. The second-order valence-corrected chi connectivity index (χ2v) is 7.08. The number of hydrogen-bond acceptors (Lipinski definition) is 5. The molecule has 1 N–H and O–H groups in total. The number of amides is 1. The summed E-state index contributed by atoms with van der Waals surface area (Å²) in [7, 11) is 0. The molecular formula is C18H22N2O5. The summed E-state index contributed by atoms with van der Waals surface area (Å²) in [4.78, 5) is 30.4. The van der Waals surface area contributed by atoms with Gasteiger partial charge in [0, 0.05) is 30.8 Å². The fraction of sp³-hybridized carbons (Fsp3) is 0.611. The number of aliphatic carboxylic acids is 1. The molecule has 134 valence electrons. The summed E-state index contributed by atoms with van der Waals surface area (Å²) in [6, 6.07) is 2.50. The lowest BCUT2D eigenvalue weighted by atomic mass is 9.94. The van der Waals surface area contributed by atoms with Crippen molar-refractivity contribution >= 4 is 11.9 Å². The smallest absolute Gasteiger partial charge is 0.326 e. The van der Waals surface area contributed by atoms with E-state index in [1.807, 2.05) is 0 Å². The number of rotatable bonds is 4. The molecule has 0 spiro atoms. The van der Waals surface area contributed by atoms with Gasteiger partial charge in [0.1, 0.15) is 12.1 Å². The second kappa shape index (κ2) is 6.63. The lowest BCUT2D eigenvalue weighted by Gasteiger charge is -2.24. The summed E-state index contributed by atoms with van der Waals surface area (Å²) in [6.45, 7) is 1.71. The molecule has 1 aromatic heterocycles. The van der Waals surface area contributed by atoms with Gasteiger partial charge in [0.05, 0.1) is 13.2 Å². The largest absolute Gasteiger partial charge is 0.480 e. The fourth-order valence-electron chi connectivity index (χ4n) is 4.38. The van der Waals surface area contributed by atoms with Gasteiger partial charge in [0.25, 0.3) is 5.91 Å². The minimum Gasteiger partial charge on any atom is -0.480 e. The summed E-state index contributed by atoms with van der Waals surface area (Å²) >= 11 is 0. The Labute approximate surface area is 145 Å². The predicted octanol–water partition coefficient (Wildman–Crippen LogP) is 1.57. The van der Waals surface area contributed by atoms with Crippen LogP contribution in [-0.4, -0.2) is 58.8 Å². The van der Waals surface area contributed by atoms with Crippen molar-refractivity contribution in [3.63, 3.8) is 0 Å². The highest BCUT2D eigenvalue weighted by atomic mass is 16.5. The first kappa shape index (κ1) is 16.3. The van der Waals surface area contributed by atoms with E-state index in [0.717, 1.165) is 25.7 Å². The highest BCUT2D eigenvalue weighted by Crippen LogP contribution is 2.42. The van der Waals surface area contributed by atoms with Gasteiger partial charge >= 0.3 is 5.97 Å². The molecule has 0 bridgehead atoms. The standard InChI is InChI=1S/C18H22N2O5/c21-17(20-9-12-2-1-3-14(12)16(20)18(22)23)11-4-6-19-15(8-11)25-13-5-7-24-10-13/h4,6,8,12-14,16H,1-3,5,7,9-10H2,(H,22,23). The minimum atomic E-state index is -0.906. The van der Waals surface area contributed by atoms with Crippen molar-refractivity contribution in [2.75, 3.05) is 19.8 Å². The third kappa shape index (κ3) is 3.08. The van der Waals surface area contributed by atoms with E-state index >= 15 is 0 Å². The second-order valence-electron chi connectivity index (χ2n) is 7.08. The van der Waals surface area contributed by atoms with Crippen LogP contribution in [0.15, 0.2) is 18.3 Å². The highest BCUT2D eigenvalue weighted by Gasteiger charge is 2.49. The Balaban J connectivity index is 1.52. The molecule has 4 unspecified atom stereocenters. The zero-order chi connectivity index (χ0) is 17.4. The molecule has 0 aromatic carbocycles. The quantitative estimate of drug-likeness (QED) is 0.890. The van der Waals surface area contributed by atoms with Crippen molar-refractivity contribution in [3.05, 3.63) is 23.9 Å². The van der Waals surface area contributed by atoms with Crippen LogP contribution >= 0.6 is 0 Å². The van der Waals surface area contributed by atoms with E-state index in [1.54, 1.807) is 12.1 Å². The van der Waals surface area contributed by atoms with Gasteiger partial charge in [-0.1, -0.05) is 6.42 Å². The van der Waals surface area contributed by atoms with Crippen LogP contribution in [0.1, 0.15) is 36.0 Å². The van der Waals surface area contributed by atoms with Crippen molar-refractivity contribution in [2.45, 2.75) is 37.8 Å². The van der Waals surface area contributed by atoms with Gasteiger partial charge in [-0.2, -0.15) is 0 Å². The molecule has 0 radical (unpaired) electrons. The van der Waals surface area contributed by atoms with E-state index in [2.05, 4.69) is 4.98 Å². The predicted molar refractivity (Wildman–Crippen MR) is 87.4 cm³/mol. The average Bonchev–Trinajstić information content (AvgIpc) is 3.30. The molecule has 1 amide bonds. The SMILES string of the molecule is O=C(O)C1C2CCCC2CN1C(=O)c1ccnc(OC2CCOC2)c1. The molecule has 4 rings (SSSR count). The minimum absolute atomic E-state index is 0.0456. The first-order valence-electron chi connectivity index (χ1n) is 8.87. The Bertz CT molecular complexity index is 673. The van der Waals surface area contributed by atoms with Crippen LogP contribution in [0.25, 0.3) is 0 Å². The topological polar surface area (TPSA) is 89.0 Å². The first-order valence-corrected chi connectivity index (χ1v) is 8.87. The Morgan fingerprint density at radius 3 is 2.96 bits per heavy atom. The number of fused-ring (bicyclic) bond motifs is 1. The third-order valence-electron chi connectivity index (χ3n) is 5.56. The van der Waals surface area contributed by atoms with Gasteiger partial charge in [-0.3, -0.25) is 4.79 Å². The summed E-state index contributed by atoms with van der Waals surface area (Å²) in [5.74, 6) is -0.395. The number of carboxylic acids is 1. The molecule has 3 aliphatic rings. The molecule has 1 aliphatic carbocycles. The van der Waals surface area contributed by atoms with Crippen LogP contribution in [0.4, 0.5) is 0 Å². The summed E-state index contributed by atoms with van der Waals surface area (Å²) in [5.41, 5.74) is 0.426. The van der Waals surface area contributed by atoms with Crippen molar-refractivity contribution in [1.82, 2.24) is 9.88 Å². The van der Waals surface area contributed by atoms with Gasteiger partial charge in [-0.25, -0.2) is 9.78 Å². The molecule has 2 aliphatic heterocycles. The molecule has 2 saturated heterocycles. The van der Waals surface area contributed by atoms with Crippen molar-refractivity contribution < 1.29 is 24.2 Å². The van der Waals surface area contributed by atoms with Crippen LogP contribution < -0.4 is 4.74 Å². The summed E-state index contributed by atoms with van der Waals surface area (Å²) in [5, 5.41) is 9.63. The number of likely N-dealkylation sites (tertiary alicyclic amines) is 1. The first-order chi connectivity index (χ1) is 12.1. The van der Waals surface area contributed by atoms with Gasteiger partial charge in [0.2, 0.25) is 5.88 Å². The molecule has 1 aromatic rings. The van der Waals surface area contributed by atoms with Crippen LogP contribution in [0.3, 0.4) is 0 Å². The number of carboxylic acid groups (broad SMARTS) is 1. The summed E-state index contributed by atoms with van der Waals surface area (Å²) in [6.07, 6.45) is 5.23. The molecule has 7 heteroatoms. The number of carbonyl (C=O) groups is 2. The third-order valence-corrected chi connectivity index (χ3v) is 5.56. The Hall–Kier alpha value is -2.15. The Kier molecular flexibility index (Phi) is 4.33. The molecule has 1 saturated carbocycles. The number of ether oxygens (including phenoxy) is 2. The summed E-state index contributed by atoms with van der Waals surface area (Å²) < 4.78 is 11.0. The van der Waals surface area contributed by atoms with Crippen molar-refractivity contribution in [1.29, 1.82) is 0 Å². The normalized spacial score (nSPS) is 31.1. The van der Waals surface area contributed by atoms with E-state index in [4.69, 9.17) is 9.47 Å². The van der Waals surface area contributed by atoms with Gasteiger partial charge < -0.3 is 19.5 Å². The zero-order valence-corrected chi connectivity index (χ0v) is 14.0. The Morgan fingerprint density at radius 1 is 1.32 bits per heavy atom. The van der Waals surface area contributed by atoms with Crippen molar-refractivity contribution in [3.8, 4) is 5.88 Å². The molecular weight excluding hydrogens is 324 g/mol. The van der Waals surface area contributed by atoms with Crippen molar-refractivity contribution in [2.24, 2.45) is 11.8 Å². The van der Waals surface area contributed by atoms with Crippen LogP contribution in [0, 0.1) is 11.8 Å². The van der Waals surface area contributed by atoms with Crippen LogP contribution in [-0.2, 0) is 9.53 Å². The van der Waals surface area contributed by atoms with Crippen LogP contribution in [0.5, 0.6) is 5.88 Å². The number of pyridine rings is 1. The van der Waals surface area contributed by atoms with E-state index in [1.165, 1.54) is 11.1 Å². The number of aromatic nitrogens is 1. The van der Waals surface area contributed by atoms with Gasteiger partial charge in [-0.05, 0) is 30.7 Å². The lowest BCUT2D eigenvalue weighted by Crippen LogP contribution is -2.43. The monoisotopic (exact) mass is 346 g/mol. The molecule has 7 nitrogen and oxygen atoms in total. The molecule has 3 fully saturated rings. The number of hydrogen-bond donors (Lipinski definition) is 1. The molecule has 4 atom stereocenters. The number of carbonyl (C=O) groups excluding carboxylic acids is 1. The van der Waals surface area contributed by atoms with Gasteiger partial charge in [-0.15, -0.1) is 0 Å². The van der Waals surface area contributed by atoms with Gasteiger partial charge in [0.15, 0.2) is 0 Å². The average molecular weight is 346 g/mol. The highest BCUT2D eigenvalue weighted by molar-refractivity contribution is 5.97. The maximum atomic E-state index is 12.9. The molecule has 3 heterocycles. The van der Waals surface area contributed by atoms with E-state index in [9.17, 15) is 14.7 Å².